The Morgan fingerprint density at radius 3 is 2.54 bits per heavy atom. The molecule has 1 fully saturated rings. The maximum absolute atomic E-state index is 12.6. The summed E-state index contributed by atoms with van der Waals surface area (Å²) in [6, 6.07) is 13.7. The van der Waals surface area contributed by atoms with E-state index in [1.54, 1.807) is 36.4 Å². The lowest BCUT2D eigenvalue weighted by Gasteiger charge is -2.15. The van der Waals surface area contributed by atoms with E-state index in [-0.39, 0.29) is 17.4 Å². The quantitative estimate of drug-likeness (QED) is 0.809. The second kappa shape index (κ2) is 7.78. The van der Waals surface area contributed by atoms with Gasteiger partial charge in [-0.3, -0.25) is 9.52 Å². The van der Waals surface area contributed by atoms with Crippen molar-refractivity contribution in [2.45, 2.75) is 31.8 Å². The minimum Gasteiger partial charge on any atom is -0.490 e. The molecule has 0 bridgehead atoms. The molecule has 2 aromatic rings. The highest BCUT2D eigenvalue weighted by atomic mass is 32.2. The van der Waals surface area contributed by atoms with E-state index in [0.29, 0.717) is 5.69 Å². The summed E-state index contributed by atoms with van der Waals surface area (Å²) in [5, 5.41) is 2.80. The number of carbonyl (C=O) groups excluding carboxylic acids is 1. The van der Waals surface area contributed by atoms with Crippen LogP contribution in [0.3, 0.4) is 0 Å². The fourth-order valence-electron chi connectivity index (χ4n) is 3.01. The molecule has 138 valence electrons. The molecule has 0 aliphatic heterocycles. The van der Waals surface area contributed by atoms with Gasteiger partial charge in [0.05, 0.1) is 23.6 Å². The molecule has 0 heterocycles. The van der Waals surface area contributed by atoms with Crippen LogP contribution in [0.2, 0.25) is 0 Å². The first-order valence-electron chi connectivity index (χ1n) is 8.55. The number of sulfonamides is 1. The van der Waals surface area contributed by atoms with Crippen molar-refractivity contribution in [1.82, 2.24) is 0 Å². The summed E-state index contributed by atoms with van der Waals surface area (Å²) in [6.45, 7) is 0. The van der Waals surface area contributed by atoms with Crippen LogP contribution in [-0.4, -0.2) is 26.7 Å². The molecule has 0 atom stereocenters. The maximum Gasteiger partial charge on any atom is 0.257 e. The Morgan fingerprint density at radius 2 is 1.81 bits per heavy atom. The molecule has 0 radical (unpaired) electrons. The number of ether oxygens (including phenoxy) is 1. The number of rotatable bonds is 6. The van der Waals surface area contributed by atoms with Crippen molar-refractivity contribution in [2.75, 3.05) is 16.3 Å². The van der Waals surface area contributed by atoms with Crippen LogP contribution < -0.4 is 14.8 Å². The van der Waals surface area contributed by atoms with Crippen LogP contribution in [-0.2, 0) is 10.0 Å². The molecular formula is C19H22N2O4S. The van der Waals surface area contributed by atoms with E-state index in [2.05, 4.69) is 10.0 Å². The van der Waals surface area contributed by atoms with E-state index in [9.17, 15) is 13.2 Å². The van der Waals surface area contributed by atoms with Gasteiger partial charge in [-0.2, -0.15) is 0 Å². The van der Waals surface area contributed by atoms with E-state index < -0.39 is 15.9 Å². The molecule has 1 amide bonds. The molecule has 2 aromatic carbocycles. The summed E-state index contributed by atoms with van der Waals surface area (Å²) < 4.78 is 31.3. The molecule has 1 aliphatic rings. The van der Waals surface area contributed by atoms with Gasteiger partial charge in [0.15, 0.2) is 0 Å². The topological polar surface area (TPSA) is 84.5 Å². The summed E-state index contributed by atoms with van der Waals surface area (Å²) in [5.41, 5.74) is 1.09. The van der Waals surface area contributed by atoms with Gasteiger partial charge in [0.2, 0.25) is 10.0 Å². The van der Waals surface area contributed by atoms with E-state index in [0.717, 1.165) is 24.8 Å². The lowest BCUT2D eigenvalue weighted by Crippen LogP contribution is -2.17. The van der Waals surface area contributed by atoms with Crippen LogP contribution in [0.25, 0.3) is 0 Å². The number of hydrogen-bond donors (Lipinski definition) is 2. The zero-order valence-corrected chi connectivity index (χ0v) is 15.4. The number of hydrogen-bond acceptors (Lipinski definition) is 4. The largest absolute Gasteiger partial charge is 0.490 e. The molecule has 1 saturated carbocycles. The molecule has 0 saturated heterocycles. The smallest absolute Gasteiger partial charge is 0.257 e. The van der Waals surface area contributed by atoms with Gasteiger partial charge < -0.3 is 10.1 Å². The normalized spacial score (nSPS) is 14.8. The summed E-state index contributed by atoms with van der Waals surface area (Å²) in [5.74, 6) is 0.326. The second-order valence-electron chi connectivity index (χ2n) is 6.43. The lowest BCUT2D eigenvalue weighted by molar-refractivity contribution is 0.102. The minimum absolute atomic E-state index is 0.237. The van der Waals surface area contributed by atoms with Gasteiger partial charge in [-0.05, 0) is 49.9 Å². The number of nitrogens with one attached hydrogen (secondary N) is 2. The molecule has 6 nitrogen and oxygen atoms in total. The maximum atomic E-state index is 12.6. The van der Waals surface area contributed by atoms with E-state index in [4.69, 9.17) is 4.74 Å². The lowest BCUT2D eigenvalue weighted by atomic mass is 10.1. The average molecular weight is 374 g/mol. The van der Waals surface area contributed by atoms with Crippen molar-refractivity contribution in [3.8, 4) is 5.75 Å². The molecule has 3 rings (SSSR count). The Labute approximate surface area is 153 Å². The monoisotopic (exact) mass is 374 g/mol. The van der Waals surface area contributed by atoms with Gasteiger partial charge in [-0.25, -0.2) is 8.42 Å². The standard InChI is InChI=1S/C19H22N2O4S/c1-26(23,24)21-18-12-5-4-11-17(18)19(22)20-14-7-6-10-16(13-14)25-15-8-2-3-9-15/h4-7,10-13,15,21H,2-3,8-9H2,1H3,(H,20,22). The second-order valence-corrected chi connectivity index (χ2v) is 8.17. The van der Waals surface area contributed by atoms with Crippen LogP contribution in [0.5, 0.6) is 5.75 Å². The van der Waals surface area contributed by atoms with Crippen LogP contribution >= 0.6 is 0 Å². The first-order chi connectivity index (χ1) is 12.4. The molecular weight excluding hydrogens is 352 g/mol. The van der Waals surface area contributed by atoms with Gasteiger partial charge in [0.25, 0.3) is 5.91 Å². The number of carbonyl (C=O) groups is 1. The molecule has 7 heteroatoms. The zero-order valence-electron chi connectivity index (χ0n) is 14.6. The molecule has 0 aromatic heterocycles. The molecule has 0 spiro atoms. The van der Waals surface area contributed by atoms with Crippen molar-refractivity contribution >= 4 is 27.3 Å². The minimum atomic E-state index is -3.48. The van der Waals surface area contributed by atoms with Crippen molar-refractivity contribution in [1.29, 1.82) is 0 Å². The van der Waals surface area contributed by atoms with Gasteiger partial charge in [-0.15, -0.1) is 0 Å². The third-order valence-corrected chi connectivity index (χ3v) is 4.75. The fourth-order valence-corrected chi connectivity index (χ4v) is 3.59. The number of anilines is 2. The Kier molecular flexibility index (Phi) is 5.46. The fraction of sp³-hybridized carbons (Fsp3) is 0.316. The summed E-state index contributed by atoms with van der Waals surface area (Å²) in [7, 11) is -3.48. The highest BCUT2D eigenvalue weighted by Gasteiger charge is 2.17. The molecule has 0 unspecified atom stereocenters. The van der Waals surface area contributed by atoms with Crippen LogP contribution in [0.1, 0.15) is 36.0 Å². The van der Waals surface area contributed by atoms with Gasteiger partial charge in [-0.1, -0.05) is 18.2 Å². The Bertz CT molecular complexity index is 890. The highest BCUT2D eigenvalue weighted by Crippen LogP contribution is 2.26. The van der Waals surface area contributed by atoms with Gasteiger partial charge in [0, 0.05) is 11.8 Å². The molecule has 26 heavy (non-hydrogen) atoms. The number of benzene rings is 2. The third-order valence-electron chi connectivity index (χ3n) is 4.16. The molecule has 2 N–H and O–H groups in total. The Hall–Kier alpha value is -2.54. The van der Waals surface area contributed by atoms with Gasteiger partial charge >= 0.3 is 0 Å². The van der Waals surface area contributed by atoms with Crippen LogP contribution in [0, 0.1) is 0 Å². The summed E-state index contributed by atoms with van der Waals surface area (Å²) in [4.78, 5) is 12.6. The van der Waals surface area contributed by atoms with E-state index >= 15 is 0 Å². The highest BCUT2D eigenvalue weighted by molar-refractivity contribution is 7.92. The van der Waals surface area contributed by atoms with E-state index in [1.165, 1.54) is 12.8 Å². The predicted molar refractivity (Wildman–Crippen MR) is 102 cm³/mol. The number of amides is 1. The predicted octanol–water partition coefficient (Wildman–Crippen LogP) is 3.63. The SMILES string of the molecule is CS(=O)(=O)Nc1ccccc1C(=O)Nc1cccc(OC2CCCC2)c1. The molecule has 1 aliphatic carbocycles. The third kappa shape index (κ3) is 4.98. The summed E-state index contributed by atoms with van der Waals surface area (Å²) in [6.07, 6.45) is 5.77. The van der Waals surface area contributed by atoms with Gasteiger partial charge in [0.1, 0.15) is 5.75 Å². The zero-order chi connectivity index (χ0) is 18.6. The first kappa shape index (κ1) is 18.3. The first-order valence-corrected chi connectivity index (χ1v) is 10.4. The van der Waals surface area contributed by atoms with Crippen LogP contribution in [0.4, 0.5) is 11.4 Å². The van der Waals surface area contributed by atoms with Crippen LogP contribution in [0.15, 0.2) is 48.5 Å². The number of para-hydroxylation sites is 1. The summed E-state index contributed by atoms with van der Waals surface area (Å²) >= 11 is 0. The van der Waals surface area contributed by atoms with E-state index in [1.807, 2.05) is 12.1 Å². The van der Waals surface area contributed by atoms with Crippen molar-refractivity contribution < 1.29 is 17.9 Å². The Morgan fingerprint density at radius 1 is 1.08 bits per heavy atom. The Balaban J connectivity index is 1.74. The van der Waals surface area contributed by atoms with Crippen molar-refractivity contribution in [2.24, 2.45) is 0 Å². The van der Waals surface area contributed by atoms with Crippen molar-refractivity contribution in [3.63, 3.8) is 0 Å². The van der Waals surface area contributed by atoms with Crippen molar-refractivity contribution in [3.05, 3.63) is 54.1 Å². The average Bonchev–Trinajstić information content (AvgIpc) is 3.07.